The molecule has 3 rings (SSSR count). The number of likely N-dealkylation sites (N-methyl/N-ethyl adjacent to an activating group) is 1. The highest BCUT2D eigenvalue weighted by molar-refractivity contribution is 5.99. The SMILES string of the molecule is CN(CC(O)c1cccc(N)c1)C(=O)c1cnc(N(C)C)nc1-c1ccccc1. The topological polar surface area (TPSA) is 95.6 Å². The minimum atomic E-state index is -0.852. The highest BCUT2D eigenvalue weighted by atomic mass is 16.3. The normalized spacial score (nSPS) is 11.7. The smallest absolute Gasteiger partial charge is 0.257 e. The Morgan fingerprint density at radius 3 is 2.48 bits per heavy atom. The number of carbonyl (C=O) groups excluding carboxylic acids is 1. The molecular weight excluding hydrogens is 366 g/mol. The van der Waals surface area contributed by atoms with Gasteiger partial charge in [0.15, 0.2) is 0 Å². The van der Waals surface area contributed by atoms with Gasteiger partial charge in [-0.25, -0.2) is 9.97 Å². The van der Waals surface area contributed by atoms with E-state index in [-0.39, 0.29) is 12.5 Å². The number of aliphatic hydroxyl groups excluding tert-OH is 1. The van der Waals surface area contributed by atoms with Gasteiger partial charge in [-0.2, -0.15) is 0 Å². The van der Waals surface area contributed by atoms with Crippen molar-refractivity contribution in [2.75, 3.05) is 38.3 Å². The minimum absolute atomic E-state index is 0.117. The Labute approximate surface area is 170 Å². The predicted octanol–water partition coefficient (Wildman–Crippen LogP) is 2.60. The second-order valence-electron chi connectivity index (χ2n) is 7.06. The Kier molecular flexibility index (Phi) is 6.09. The minimum Gasteiger partial charge on any atom is -0.399 e. The fourth-order valence-electron chi connectivity index (χ4n) is 2.98. The van der Waals surface area contributed by atoms with Crippen LogP contribution in [0.3, 0.4) is 0 Å². The second kappa shape index (κ2) is 8.70. The van der Waals surface area contributed by atoms with E-state index in [1.807, 2.05) is 44.4 Å². The van der Waals surface area contributed by atoms with E-state index in [0.29, 0.717) is 28.5 Å². The van der Waals surface area contributed by atoms with Crippen LogP contribution in [0.5, 0.6) is 0 Å². The summed E-state index contributed by atoms with van der Waals surface area (Å²) >= 11 is 0. The van der Waals surface area contributed by atoms with Crippen molar-refractivity contribution in [3.8, 4) is 11.3 Å². The summed E-state index contributed by atoms with van der Waals surface area (Å²) in [6.07, 6.45) is 0.686. The molecule has 0 spiro atoms. The number of hydrogen-bond donors (Lipinski definition) is 2. The summed E-state index contributed by atoms with van der Waals surface area (Å²) in [7, 11) is 5.34. The zero-order valence-electron chi connectivity index (χ0n) is 16.8. The summed E-state index contributed by atoms with van der Waals surface area (Å²) in [5, 5.41) is 10.5. The average molecular weight is 391 g/mol. The number of nitrogen functional groups attached to an aromatic ring is 1. The molecule has 1 amide bonds. The van der Waals surface area contributed by atoms with Gasteiger partial charge in [0.25, 0.3) is 5.91 Å². The predicted molar refractivity (Wildman–Crippen MR) is 115 cm³/mol. The molecule has 7 heteroatoms. The number of aliphatic hydroxyl groups is 1. The molecule has 1 heterocycles. The van der Waals surface area contributed by atoms with Gasteiger partial charge in [0.05, 0.1) is 23.9 Å². The van der Waals surface area contributed by atoms with Gasteiger partial charge in [0.2, 0.25) is 5.95 Å². The van der Waals surface area contributed by atoms with Gasteiger partial charge in [-0.3, -0.25) is 4.79 Å². The number of amides is 1. The Hall–Kier alpha value is -3.45. The number of rotatable bonds is 6. The third-order valence-electron chi connectivity index (χ3n) is 4.54. The number of anilines is 2. The van der Waals surface area contributed by atoms with Gasteiger partial charge < -0.3 is 20.6 Å². The third-order valence-corrected chi connectivity index (χ3v) is 4.54. The van der Waals surface area contributed by atoms with Crippen molar-refractivity contribution in [1.29, 1.82) is 0 Å². The molecule has 1 aromatic heterocycles. The highest BCUT2D eigenvalue weighted by Crippen LogP contribution is 2.25. The number of aromatic nitrogens is 2. The summed E-state index contributed by atoms with van der Waals surface area (Å²) in [5.41, 5.74) is 8.77. The molecule has 2 aromatic carbocycles. The first-order valence-electron chi connectivity index (χ1n) is 9.25. The quantitative estimate of drug-likeness (QED) is 0.627. The number of benzene rings is 2. The first-order valence-corrected chi connectivity index (χ1v) is 9.25. The largest absolute Gasteiger partial charge is 0.399 e. The Morgan fingerprint density at radius 2 is 1.83 bits per heavy atom. The van der Waals surface area contributed by atoms with E-state index in [2.05, 4.69) is 9.97 Å². The lowest BCUT2D eigenvalue weighted by Crippen LogP contribution is -2.32. The Balaban J connectivity index is 1.89. The van der Waals surface area contributed by atoms with Gasteiger partial charge in [-0.1, -0.05) is 42.5 Å². The molecule has 0 saturated carbocycles. The highest BCUT2D eigenvalue weighted by Gasteiger charge is 2.22. The Morgan fingerprint density at radius 1 is 1.10 bits per heavy atom. The van der Waals surface area contributed by atoms with Crippen molar-refractivity contribution in [2.24, 2.45) is 0 Å². The monoisotopic (exact) mass is 391 g/mol. The van der Waals surface area contributed by atoms with Crippen molar-refractivity contribution in [2.45, 2.75) is 6.10 Å². The van der Waals surface area contributed by atoms with E-state index in [9.17, 15) is 9.90 Å². The van der Waals surface area contributed by atoms with E-state index in [1.54, 1.807) is 36.2 Å². The van der Waals surface area contributed by atoms with Crippen LogP contribution in [-0.4, -0.2) is 53.6 Å². The molecule has 150 valence electrons. The van der Waals surface area contributed by atoms with Gasteiger partial charge in [0.1, 0.15) is 0 Å². The first kappa shape index (κ1) is 20.3. The van der Waals surface area contributed by atoms with E-state index in [0.717, 1.165) is 5.56 Å². The summed E-state index contributed by atoms with van der Waals surface area (Å²) in [5.74, 6) is 0.250. The molecule has 3 N–H and O–H groups in total. The van der Waals surface area contributed by atoms with Crippen molar-refractivity contribution in [1.82, 2.24) is 14.9 Å². The van der Waals surface area contributed by atoms with Crippen LogP contribution in [0.15, 0.2) is 60.8 Å². The van der Waals surface area contributed by atoms with Crippen molar-refractivity contribution < 1.29 is 9.90 Å². The first-order chi connectivity index (χ1) is 13.9. The lowest BCUT2D eigenvalue weighted by atomic mass is 10.1. The van der Waals surface area contributed by atoms with Gasteiger partial charge in [-0.15, -0.1) is 0 Å². The van der Waals surface area contributed by atoms with Gasteiger partial charge >= 0.3 is 0 Å². The van der Waals surface area contributed by atoms with Crippen LogP contribution in [0.2, 0.25) is 0 Å². The maximum Gasteiger partial charge on any atom is 0.257 e. The van der Waals surface area contributed by atoms with Crippen LogP contribution in [-0.2, 0) is 0 Å². The van der Waals surface area contributed by atoms with E-state index < -0.39 is 6.10 Å². The summed E-state index contributed by atoms with van der Waals surface area (Å²) in [6.45, 7) is 0.117. The van der Waals surface area contributed by atoms with E-state index in [4.69, 9.17) is 5.73 Å². The second-order valence-corrected chi connectivity index (χ2v) is 7.06. The van der Waals surface area contributed by atoms with Gasteiger partial charge in [-0.05, 0) is 17.7 Å². The molecule has 3 aromatic rings. The standard InChI is InChI=1S/C22H25N5O2/c1-26(2)22-24-13-18(20(25-22)15-8-5-4-6-9-15)21(29)27(3)14-19(28)16-10-7-11-17(23)12-16/h4-13,19,28H,14,23H2,1-3H3. The van der Waals surface area contributed by atoms with Crippen LogP contribution >= 0.6 is 0 Å². The molecule has 0 radical (unpaired) electrons. The third kappa shape index (κ3) is 4.70. The molecule has 0 aliphatic carbocycles. The molecule has 0 saturated heterocycles. The van der Waals surface area contributed by atoms with Crippen LogP contribution < -0.4 is 10.6 Å². The number of carbonyl (C=O) groups is 1. The van der Waals surface area contributed by atoms with Crippen molar-refractivity contribution >= 4 is 17.5 Å². The van der Waals surface area contributed by atoms with Gasteiger partial charge in [0, 0.05) is 38.6 Å². The number of hydrogen-bond acceptors (Lipinski definition) is 6. The van der Waals surface area contributed by atoms with Crippen LogP contribution in [0.4, 0.5) is 11.6 Å². The fraction of sp³-hybridized carbons (Fsp3) is 0.227. The zero-order valence-corrected chi connectivity index (χ0v) is 16.8. The number of nitrogens with two attached hydrogens (primary N) is 1. The lowest BCUT2D eigenvalue weighted by molar-refractivity contribution is 0.0681. The van der Waals surface area contributed by atoms with Crippen LogP contribution in [0, 0.1) is 0 Å². The maximum absolute atomic E-state index is 13.2. The van der Waals surface area contributed by atoms with Crippen LogP contribution in [0.25, 0.3) is 11.3 Å². The Bertz CT molecular complexity index is 992. The molecule has 0 aliphatic heterocycles. The average Bonchev–Trinajstić information content (AvgIpc) is 2.73. The van der Waals surface area contributed by atoms with E-state index >= 15 is 0 Å². The molecular formula is C22H25N5O2. The molecule has 0 aliphatic rings. The summed E-state index contributed by atoms with van der Waals surface area (Å²) in [6, 6.07) is 16.5. The summed E-state index contributed by atoms with van der Waals surface area (Å²) in [4.78, 5) is 25.3. The zero-order chi connectivity index (χ0) is 21.0. The maximum atomic E-state index is 13.2. The fourth-order valence-corrected chi connectivity index (χ4v) is 2.98. The lowest BCUT2D eigenvalue weighted by Gasteiger charge is -2.23. The van der Waals surface area contributed by atoms with Crippen molar-refractivity contribution in [3.05, 3.63) is 71.9 Å². The molecule has 29 heavy (non-hydrogen) atoms. The molecule has 0 fully saturated rings. The number of nitrogens with zero attached hydrogens (tertiary/aromatic N) is 4. The molecule has 1 unspecified atom stereocenters. The van der Waals surface area contributed by atoms with Crippen molar-refractivity contribution in [3.63, 3.8) is 0 Å². The molecule has 7 nitrogen and oxygen atoms in total. The van der Waals surface area contributed by atoms with Crippen LogP contribution in [0.1, 0.15) is 22.0 Å². The summed E-state index contributed by atoms with van der Waals surface area (Å²) < 4.78 is 0. The molecule has 0 bridgehead atoms. The molecule has 1 atom stereocenters. The van der Waals surface area contributed by atoms with E-state index in [1.165, 1.54) is 11.1 Å².